The third-order valence-corrected chi connectivity index (χ3v) is 6.30. The first-order valence-corrected chi connectivity index (χ1v) is 10.7. The Balaban J connectivity index is 1.39. The van der Waals surface area contributed by atoms with Crippen LogP contribution in [0.25, 0.3) is 0 Å². The Kier molecular flexibility index (Phi) is 5.62. The van der Waals surface area contributed by atoms with Crippen LogP contribution in [0.5, 0.6) is 0 Å². The summed E-state index contributed by atoms with van der Waals surface area (Å²) in [7, 11) is 0. The summed E-state index contributed by atoms with van der Waals surface area (Å²) < 4.78 is 0. The zero-order chi connectivity index (χ0) is 18.8. The molecular formula is C21H33N5O. The zero-order valence-electron chi connectivity index (χ0n) is 16.9. The minimum absolute atomic E-state index is 0.276. The van der Waals surface area contributed by atoms with Crippen molar-refractivity contribution in [3.63, 3.8) is 0 Å². The van der Waals surface area contributed by atoms with Gasteiger partial charge in [-0.2, -0.15) is 0 Å². The van der Waals surface area contributed by atoms with Crippen molar-refractivity contribution in [2.75, 3.05) is 44.2 Å². The number of nitrogens with zero attached hydrogens (tertiary/aromatic N) is 5. The second kappa shape index (κ2) is 8.13. The standard InChI is InChI=1S/C21H33N5O/c1-16-6-5-9-24(14-16)12-8-20(27)26-13-7-18-19(15-26)22-17(2)23-21(18)25-10-3-4-11-25/h16H,3-15H2,1-2H3. The molecule has 0 saturated carbocycles. The molecule has 0 N–H and O–H groups in total. The minimum atomic E-state index is 0.276. The van der Waals surface area contributed by atoms with Gasteiger partial charge in [0.2, 0.25) is 5.91 Å². The van der Waals surface area contributed by atoms with Crippen LogP contribution in [0, 0.1) is 12.8 Å². The Morgan fingerprint density at radius 3 is 2.70 bits per heavy atom. The van der Waals surface area contributed by atoms with Crippen LogP contribution in [0.2, 0.25) is 0 Å². The lowest BCUT2D eigenvalue weighted by molar-refractivity contribution is -0.132. The summed E-state index contributed by atoms with van der Waals surface area (Å²) in [6.07, 6.45) is 6.60. The Hall–Kier alpha value is -1.69. The van der Waals surface area contributed by atoms with E-state index in [4.69, 9.17) is 9.97 Å². The van der Waals surface area contributed by atoms with Gasteiger partial charge >= 0.3 is 0 Å². The number of amides is 1. The molecule has 1 unspecified atom stereocenters. The van der Waals surface area contributed by atoms with E-state index in [1.807, 2.05) is 11.8 Å². The molecule has 3 aliphatic heterocycles. The second-order valence-electron chi connectivity index (χ2n) is 8.58. The molecule has 0 radical (unpaired) electrons. The summed E-state index contributed by atoms with van der Waals surface area (Å²) >= 11 is 0. The monoisotopic (exact) mass is 371 g/mol. The minimum Gasteiger partial charge on any atom is -0.356 e. The number of carbonyl (C=O) groups is 1. The molecule has 6 heteroatoms. The lowest BCUT2D eigenvalue weighted by Crippen LogP contribution is -2.41. The summed E-state index contributed by atoms with van der Waals surface area (Å²) in [5.41, 5.74) is 2.34. The molecule has 4 heterocycles. The summed E-state index contributed by atoms with van der Waals surface area (Å²) in [5, 5.41) is 0. The van der Waals surface area contributed by atoms with Gasteiger partial charge in [-0.05, 0) is 51.5 Å². The SMILES string of the molecule is Cc1nc2c(c(N3CCCC3)n1)CCN(C(=O)CCN1CCCC(C)C1)C2. The first-order chi connectivity index (χ1) is 13.1. The van der Waals surface area contributed by atoms with E-state index in [0.29, 0.717) is 13.0 Å². The molecule has 0 bridgehead atoms. The van der Waals surface area contributed by atoms with E-state index in [0.717, 1.165) is 68.9 Å². The fourth-order valence-electron chi connectivity index (χ4n) is 4.84. The van der Waals surface area contributed by atoms with E-state index in [1.165, 1.54) is 31.2 Å². The maximum Gasteiger partial charge on any atom is 0.224 e. The Morgan fingerprint density at radius 2 is 1.93 bits per heavy atom. The number of likely N-dealkylation sites (tertiary alicyclic amines) is 1. The van der Waals surface area contributed by atoms with Crippen molar-refractivity contribution in [2.45, 2.75) is 58.9 Å². The maximum absolute atomic E-state index is 12.8. The summed E-state index contributed by atoms with van der Waals surface area (Å²) in [4.78, 5) is 29.1. The normalized spacial score (nSPS) is 23.6. The van der Waals surface area contributed by atoms with E-state index in [-0.39, 0.29) is 5.91 Å². The number of fused-ring (bicyclic) bond motifs is 1. The predicted octanol–water partition coefficient (Wildman–Crippen LogP) is 2.39. The molecule has 2 fully saturated rings. The van der Waals surface area contributed by atoms with E-state index in [1.54, 1.807) is 0 Å². The molecule has 0 aliphatic carbocycles. The summed E-state index contributed by atoms with van der Waals surface area (Å²) in [5.74, 6) is 2.99. The number of aromatic nitrogens is 2. The fraction of sp³-hybridized carbons (Fsp3) is 0.762. The highest BCUT2D eigenvalue weighted by Gasteiger charge is 2.28. The molecule has 1 aromatic rings. The Morgan fingerprint density at radius 1 is 1.11 bits per heavy atom. The molecule has 1 atom stereocenters. The van der Waals surface area contributed by atoms with Gasteiger partial charge < -0.3 is 14.7 Å². The van der Waals surface area contributed by atoms with Crippen LogP contribution >= 0.6 is 0 Å². The Bertz CT molecular complexity index is 685. The van der Waals surface area contributed by atoms with Crippen molar-refractivity contribution in [1.82, 2.24) is 19.8 Å². The fourth-order valence-corrected chi connectivity index (χ4v) is 4.84. The van der Waals surface area contributed by atoms with Crippen molar-refractivity contribution < 1.29 is 4.79 Å². The van der Waals surface area contributed by atoms with Gasteiger partial charge in [-0.25, -0.2) is 9.97 Å². The third-order valence-electron chi connectivity index (χ3n) is 6.30. The van der Waals surface area contributed by atoms with Gasteiger partial charge in [0.1, 0.15) is 11.6 Å². The average molecular weight is 372 g/mol. The number of anilines is 1. The topological polar surface area (TPSA) is 52.6 Å². The molecule has 1 amide bonds. The highest BCUT2D eigenvalue weighted by molar-refractivity contribution is 5.76. The molecule has 4 rings (SSSR count). The molecule has 1 aromatic heterocycles. The number of hydrogen-bond donors (Lipinski definition) is 0. The van der Waals surface area contributed by atoms with E-state index in [2.05, 4.69) is 16.7 Å². The van der Waals surface area contributed by atoms with Gasteiger partial charge in [-0.15, -0.1) is 0 Å². The van der Waals surface area contributed by atoms with E-state index in [9.17, 15) is 4.79 Å². The number of carbonyl (C=O) groups excluding carboxylic acids is 1. The number of hydrogen-bond acceptors (Lipinski definition) is 5. The number of aryl methyl sites for hydroxylation is 1. The number of piperidine rings is 1. The molecule has 0 spiro atoms. The van der Waals surface area contributed by atoms with Gasteiger partial charge in [-0.3, -0.25) is 4.79 Å². The van der Waals surface area contributed by atoms with Crippen LogP contribution in [0.3, 0.4) is 0 Å². The quantitative estimate of drug-likeness (QED) is 0.813. The highest BCUT2D eigenvalue weighted by Crippen LogP contribution is 2.29. The highest BCUT2D eigenvalue weighted by atomic mass is 16.2. The average Bonchev–Trinajstić information content (AvgIpc) is 3.19. The molecule has 0 aromatic carbocycles. The van der Waals surface area contributed by atoms with Crippen molar-refractivity contribution >= 4 is 11.7 Å². The molecule has 6 nitrogen and oxygen atoms in total. The molecule has 27 heavy (non-hydrogen) atoms. The van der Waals surface area contributed by atoms with Crippen molar-refractivity contribution in [2.24, 2.45) is 5.92 Å². The second-order valence-corrected chi connectivity index (χ2v) is 8.58. The van der Waals surface area contributed by atoms with Crippen LogP contribution < -0.4 is 4.90 Å². The van der Waals surface area contributed by atoms with Crippen molar-refractivity contribution in [3.05, 3.63) is 17.1 Å². The van der Waals surface area contributed by atoms with Crippen LogP contribution in [-0.2, 0) is 17.8 Å². The number of rotatable bonds is 4. The van der Waals surface area contributed by atoms with Gasteiger partial charge in [0, 0.05) is 44.7 Å². The molecule has 3 aliphatic rings. The smallest absolute Gasteiger partial charge is 0.224 e. The summed E-state index contributed by atoms with van der Waals surface area (Å²) in [6, 6.07) is 0. The largest absolute Gasteiger partial charge is 0.356 e. The van der Waals surface area contributed by atoms with Crippen molar-refractivity contribution in [3.8, 4) is 0 Å². The first kappa shape index (κ1) is 18.7. The van der Waals surface area contributed by atoms with Crippen LogP contribution in [0.4, 0.5) is 5.82 Å². The molecule has 2 saturated heterocycles. The van der Waals surface area contributed by atoms with Crippen LogP contribution in [0.15, 0.2) is 0 Å². The first-order valence-electron chi connectivity index (χ1n) is 10.7. The lowest BCUT2D eigenvalue weighted by atomic mass is 10.00. The van der Waals surface area contributed by atoms with E-state index >= 15 is 0 Å². The third kappa shape index (κ3) is 4.26. The van der Waals surface area contributed by atoms with E-state index < -0.39 is 0 Å². The van der Waals surface area contributed by atoms with Crippen LogP contribution in [-0.4, -0.2) is 64.9 Å². The van der Waals surface area contributed by atoms with Gasteiger partial charge in [-0.1, -0.05) is 6.92 Å². The predicted molar refractivity (Wildman–Crippen MR) is 107 cm³/mol. The van der Waals surface area contributed by atoms with Crippen molar-refractivity contribution in [1.29, 1.82) is 0 Å². The Labute approximate surface area is 162 Å². The molecular weight excluding hydrogens is 338 g/mol. The maximum atomic E-state index is 12.8. The lowest BCUT2D eigenvalue weighted by Gasteiger charge is -2.33. The zero-order valence-corrected chi connectivity index (χ0v) is 16.9. The molecule has 148 valence electrons. The van der Waals surface area contributed by atoms with Gasteiger partial charge in [0.15, 0.2) is 0 Å². The van der Waals surface area contributed by atoms with Gasteiger partial charge in [0.05, 0.1) is 12.2 Å². The summed E-state index contributed by atoms with van der Waals surface area (Å²) in [6.45, 7) is 11.1. The van der Waals surface area contributed by atoms with Gasteiger partial charge in [0.25, 0.3) is 0 Å². The van der Waals surface area contributed by atoms with Crippen LogP contribution in [0.1, 0.15) is 56.1 Å².